The van der Waals surface area contributed by atoms with Gasteiger partial charge in [0.15, 0.2) is 5.65 Å². The second kappa shape index (κ2) is 10.6. The number of amides is 1. The highest BCUT2D eigenvalue weighted by Crippen LogP contribution is 2.39. The van der Waals surface area contributed by atoms with Crippen LogP contribution in [-0.4, -0.2) is 42.7 Å². The van der Waals surface area contributed by atoms with Crippen LogP contribution in [0.4, 0.5) is 22.0 Å². The molecule has 12 heteroatoms. The standard InChI is InChI=1S/C25H30Cl2FN7O2/c1-12-2-5-15(10-20(12)36)31-24-30-11-19-23(34-24)35(16-6-3-13(4-7-16)22(29)37)25(32-19)33-21-17(27)8-14(26)9-18(21)28/h8-9,11-13,15-16,20,36H,2-7,10H2,1H3,(H2,29,37)(H,32,33)(H,30,31,34)/t12-,13?,15-,16?,20-/m1/s1. The average Bonchev–Trinajstić information content (AvgIpc) is 3.21. The molecular weight excluding hydrogens is 520 g/mol. The summed E-state index contributed by atoms with van der Waals surface area (Å²) in [7, 11) is 0. The number of anilines is 3. The molecule has 9 nitrogen and oxygen atoms in total. The number of aliphatic hydroxyl groups excluding tert-OH is 1. The molecule has 2 aliphatic carbocycles. The predicted octanol–water partition coefficient (Wildman–Crippen LogP) is 5.19. The first kappa shape index (κ1) is 25.9. The normalized spacial score (nSPS) is 26.2. The van der Waals surface area contributed by atoms with Crippen LogP contribution in [0.5, 0.6) is 0 Å². The van der Waals surface area contributed by atoms with E-state index in [0.717, 1.165) is 12.8 Å². The van der Waals surface area contributed by atoms with Crippen LogP contribution in [0.2, 0.25) is 10.0 Å². The number of nitrogens with two attached hydrogens (primary N) is 1. The number of primary amides is 1. The molecule has 2 fully saturated rings. The second-order valence-electron chi connectivity index (χ2n) is 10.2. The van der Waals surface area contributed by atoms with Gasteiger partial charge in [0, 0.05) is 23.0 Å². The van der Waals surface area contributed by atoms with Gasteiger partial charge >= 0.3 is 0 Å². The van der Waals surface area contributed by atoms with E-state index in [1.54, 1.807) is 6.20 Å². The Labute approximate surface area is 224 Å². The third-order valence-corrected chi connectivity index (χ3v) is 8.14. The molecule has 5 N–H and O–H groups in total. The molecule has 37 heavy (non-hydrogen) atoms. The summed E-state index contributed by atoms with van der Waals surface area (Å²) in [5, 5.41) is 17.0. The molecule has 0 radical (unpaired) electrons. The number of carbonyl (C=O) groups excluding carboxylic acids is 1. The molecule has 0 unspecified atom stereocenters. The maximum atomic E-state index is 14.8. The molecule has 3 atom stereocenters. The smallest absolute Gasteiger partial charge is 0.224 e. The number of halogens is 3. The van der Waals surface area contributed by atoms with Crippen molar-refractivity contribution in [3.05, 3.63) is 34.2 Å². The second-order valence-corrected chi connectivity index (χ2v) is 11.0. The van der Waals surface area contributed by atoms with E-state index in [-0.39, 0.29) is 51.7 Å². The SMILES string of the molecule is C[C@@H]1CC[C@@H](Nc2ncc3nc(Nc4c(F)cc(Cl)cc4Cl)n(C4CCC(C(N)=O)CC4)c3n2)C[C@H]1O. The van der Waals surface area contributed by atoms with Crippen LogP contribution < -0.4 is 16.4 Å². The van der Waals surface area contributed by atoms with Crippen LogP contribution in [0.3, 0.4) is 0 Å². The molecule has 2 aromatic heterocycles. The van der Waals surface area contributed by atoms with Crippen LogP contribution in [-0.2, 0) is 4.79 Å². The van der Waals surface area contributed by atoms with E-state index in [4.69, 9.17) is 33.9 Å². The van der Waals surface area contributed by atoms with Gasteiger partial charge in [0.05, 0.1) is 23.0 Å². The molecule has 0 spiro atoms. The summed E-state index contributed by atoms with van der Waals surface area (Å²) in [5.41, 5.74) is 6.72. The van der Waals surface area contributed by atoms with Gasteiger partial charge in [0.2, 0.25) is 17.8 Å². The van der Waals surface area contributed by atoms with E-state index in [1.807, 2.05) is 4.57 Å². The van der Waals surface area contributed by atoms with E-state index < -0.39 is 5.82 Å². The maximum absolute atomic E-state index is 14.8. The van der Waals surface area contributed by atoms with Crippen molar-refractivity contribution in [3.8, 4) is 0 Å². The summed E-state index contributed by atoms with van der Waals surface area (Å²) >= 11 is 12.2. The van der Waals surface area contributed by atoms with Crippen molar-refractivity contribution in [2.24, 2.45) is 17.6 Å². The molecule has 2 saturated carbocycles. The third kappa shape index (κ3) is 5.46. The zero-order valence-corrected chi connectivity index (χ0v) is 21.9. The number of nitrogens with zero attached hydrogens (tertiary/aromatic N) is 4. The Morgan fingerprint density at radius 3 is 2.59 bits per heavy atom. The number of benzene rings is 1. The van der Waals surface area contributed by atoms with Crippen molar-refractivity contribution >= 4 is 57.9 Å². The number of rotatable bonds is 6. The van der Waals surface area contributed by atoms with E-state index in [1.165, 1.54) is 12.1 Å². The quantitative estimate of drug-likeness (QED) is 0.332. The van der Waals surface area contributed by atoms with Gasteiger partial charge in [-0.05, 0) is 63.0 Å². The van der Waals surface area contributed by atoms with Gasteiger partial charge in [-0.2, -0.15) is 4.98 Å². The lowest BCUT2D eigenvalue weighted by atomic mass is 9.85. The van der Waals surface area contributed by atoms with Gasteiger partial charge in [-0.15, -0.1) is 0 Å². The number of imidazole rings is 1. The van der Waals surface area contributed by atoms with Crippen molar-refractivity contribution in [1.29, 1.82) is 0 Å². The van der Waals surface area contributed by atoms with E-state index >= 15 is 0 Å². The van der Waals surface area contributed by atoms with E-state index in [9.17, 15) is 14.3 Å². The van der Waals surface area contributed by atoms with Gasteiger partial charge in [0.1, 0.15) is 11.3 Å². The number of aliphatic hydroxyl groups is 1. The minimum Gasteiger partial charge on any atom is -0.393 e. The summed E-state index contributed by atoms with van der Waals surface area (Å²) in [6.07, 6.45) is 6.38. The van der Waals surface area contributed by atoms with Gasteiger partial charge in [-0.1, -0.05) is 30.1 Å². The minimum atomic E-state index is -0.605. The number of carbonyl (C=O) groups is 1. The molecule has 198 valence electrons. The monoisotopic (exact) mass is 549 g/mol. The zero-order valence-electron chi connectivity index (χ0n) is 20.4. The summed E-state index contributed by atoms with van der Waals surface area (Å²) in [5.74, 6) is 0.0133. The van der Waals surface area contributed by atoms with Gasteiger partial charge in [-0.25, -0.2) is 14.4 Å². The fourth-order valence-corrected chi connectivity index (χ4v) is 5.91. The van der Waals surface area contributed by atoms with Gasteiger partial charge < -0.3 is 21.5 Å². The molecule has 0 bridgehead atoms. The first-order valence-corrected chi connectivity index (χ1v) is 13.4. The summed E-state index contributed by atoms with van der Waals surface area (Å²) in [4.78, 5) is 25.6. The largest absolute Gasteiger partial charge is 0.393 e. The first-order valence-electron chi connectivity index (χ1n) is 12.6. The highest BCUT2D eigenvalue weighted by atomic mass is 35.5. The lowest BCUT2D eigenvalue weighted by molar-refractivity contribution is -0.122. The molecule has 0 saturated heterocycles. The fraction of sp³-hybridized carbons (Fsp3) is 0.520. The Bertz CT molecular complexity index is 1290. The average molecular weight is 550 g/mol. The number of aromatic nitrogens is 4. The fourth-order valence-electron chi connectivity index (χ4n) is 5.40. The lowest BCUT2D eigenvalue weighted by Crippen LogP contribution is -2.35. The topological polar surface area (TPSA) is 131 Å². The Hall–Kier alpha value is -2.69. The van der Waals surface area contributed by atoms with Gasteiger partial charge in [-0.3, -0.25) is 9.36 Å². The molecule has 0 aliphatic heterocycles. The molecule has 1 amide bonds. The number of fused-ring (bicyclic) bond motifs is 1. The van der Waals surface area contributed by atoms with Crippen molar-refractivity contribution in [2.75, 3.05) is 10.6 Å². The minimum absolute atomic E-state index is 0.0441. The van der Waals surface area contributed by atoms with Crippen molar-refractivity contribution in [3.63, 3.8) is 0 Å². The Morgan fingerprint density at radius 2 is 1.92 bits per heavy atom. The van der Waals surface area contributed by atoms with Crippen LogP contribution in [0.15, 0.2) is 18.3 Å². The van der Waals surface area contributed by atoms with Crippen LogP contribution >= 0.6 is 23.2 Å². The molecule has 5 rings (SSSR count). The molecule has 2 aliphatic rings. The van der Waals surface area contributed by atoms with Crippen molar-refractivity contribution < 1.29 is 14.3 Å². The maximum Gasteiger partial charge on any atom is 0.224 e. The third-order valence-electron chi connectivity index (χ3n) is 7.63. The number of hydrogen-bond donors (Lipinski definition) is 4. The zero-order chi connectivity index (χ0) is 26.3. The summed E-state index contributed by atoms with van der Waals surface area (Å²) in [6, 6.07) is 2.66. The Balaban J connectivity index is 1.50. The predicted molar refractivity (Wildman–Crippen MR) is 142 cm³/mol. The Kier molecular flexibility index (Phi) is 7.42. The summed E-state index contributed by atoms with van der Waals surface area (Å²) in [6.45, 7) is 2.05. The summed E-state index contributed by atoms with van der Waals surface area (Å²) < 4.78 is 16.7. The molecular formula is C25H30Cl2FN7O2. The van der Waals surface area contributed by atoms with Crippen molar-refractivity contribution in [2.45, 2.75) is 70.1 Å². The van der Waals surface area contributed by atoms with Crippen LogP contribution in [0.25, 0.3) is 11.2 Å². The number of nitrogens with one attached hydrogen (secondary N) is 2. The van der Waals surface area contributed by atoms with E-state index in [2.05, 4.69) is 27.5 Å². The number of hydrogen-bond acceptors (Lipinski definition) is 7. The first-order chi connectivity index (χ1) is 17.7. The highest BCUT2D eigenvalue weighted by molar-refractivity contribution is 6.36. The van der Waals surface area contributed by atoms with Crippen molar-refractivity contribution in [1.82, 2.24) is 19.5 Å². The molecule has 1 aromatic carbocycles. The molecule has 2 heterocycles. The lowest BCUT2D eigenvalue weighted by Gasteiger charge is -2.31. The highest BCUT2D eigenvalue weighted by Gasteiger charge is 2.30. The molecule has 3 aromatic rings. The Morgan fingerprint density at radius 1 is 1.16 bits per heavy atom. The van der Waals surface area contributed by atoms with Crippen LogP contribution in [0.1, 0.15) is 57.9 Å². The van der Waals surface area contributed by atoms with Crippen LogP contribution in [0, 0.1) is 17.7 Å². The van der Waals surface area contributed by atoms with Gasteiger partial charge in [0.25, 0.3) is 0 Å². The van der Waals surface area contributed by atoms with E-state index in [0.29, 0.717) is 55.2 Å².